The second kappa shape index (κ2) is 8.23. The SMILES string of the molecule is COc1cc(C)sc1C(=O)N[C@@H]1CCN(C(=O)OCc2ccccc2)C1. The first kappa shape index (κ1) is 18.3. The Bertz CT molecular complexity index is 775. The molecule has 2 aromatic rings. The lowest BCUT2D eigenvalue weighted by atomic mass is 10.2. The fraction of sp³-hybridized carbons (Fsp3) is 0.368. The molecular weight excluding hydrogens is 352 g/mol. The Hall–Kier alpha value is -2.54. The van der Waals surface area contributed by atoms with E-state index in [9.17, 15) is 9.59 Å². The Balaban J connectivity index is 1.50. The third kappa shape index (κ3) is 4.35. The van der Waals surface area contributed by atoms with Crippen molar-refractivity contribution >= 4 is 23.3 Å². The number of amides is 2. The quantitative estimate of drug-likeness (QED) is 0.873. The number of aryl methyl sites for hydroxylation is 1. The summed E-state index contributed by atoms with van der Waals surface area (Å²) < 4.78 is 10.6. The zero-order chi connectivity index (χ0) is 18.5. The number of carbonyl (C=O) groups excluding carboxylic acids is 2. The summed E-state index contributed by atoms with van der Waals surface area (Å²) in [5.41, 5.74) is 0.949. The van der Waals surface area contributed by atoms with Gasteiger partial charge < -0.3 is 19.7 Å². The maximum absolute atomic E-state index is 12.5. The van der Waals surface area contributed by atoms with Crippen LogP contribution < -0.4 is 10.1 Å². The zero-order valence-electron chi connectivity index (χ0n) is 14.9. The first-order valence-corrected chi connectivity index (χ1v) is 9.29. The highest BCUT2D eigenvalue weighted by atomic mass is 32.1. The van der Waals surface area contributed by atoms with Crippen molar-refractivity contribution in [2.24, 2.45) is 0 Å². The van der Waals surface area contributed by atoms with Crippen LogP contribution in [0.25, 0.3) is 0 Å². The summed E-state index contributed by atoms with van der Waals surface area (Å²) in [7, 11) is 1.55. The van der Waals surface area contributed by atoms with E-state index in [1.165, 1.54) is 11.3 Å². The normalized spacial score (nSPS) is 16.4. The van der Waals surface area contributed by atoms with Crippen molar-refractivity contribution in [3.63, 3.8) is 0 Å². The standard InChI is InChI=1S/C19H22N2O4S/c1-13-10-16(24-2)17(26-13)18(22)20-15-8-9-21(11-15)19(23)25-12-14-6-4-3-5-7-14/h3-7,10,15H,8-9,11-12H2,1-2H3,(H,20,22)/t15-/m1/s1. The van der Waals surface area contributed by atoms with Crippen LogP contribution in [0.3, 0.4) is 0 Å². The number of carbonyl (C=O) groups is 2. The number of benzene rings is 1. The van der Waals surface area contributed by atoms with Crippen molar-refractivity contribution in [3.8, 4) is 5.75 Å². The molecule has 3 rings (SSSR count). The van der Waals surface area contributed by atoms with Crippen molar-refractivity contribution in [1.29, 1.82) is 0 Å². The van der Waals surface area contributed by atoms with Gasteiger partial charge in [-0.3, -0.25) is 4.79 Å². The van der Waals surface area contributed by atoms with Crippen molar-refractivity contribution in [1.82, 2.24) is 10.2 Å². The Morgan fingerprint density at radius 2 is 2.08 bits per heavy atom. The first-order valence-electron chi connectivity index (χ1n) is 8.47. The summed E-state index contributed by atoms with van der Waals surface area (Å²) in [6, 6.07) is 11.3. The van der Waals surface area contributed by atoms with Gasteiger partial charge in [0.1, 0.15) is 17.2 Å². The zero-order valence-corrected chi connectivity index (χ0v) is 15.7. The van der Waals surface area contributed by atoms with E-state index in [1.807, 2.05) is 43.3 Å². The molecule has 2 heterocycles. The van der Waals surface area contributed by atoms with Gasteiger partial charge in [-0.05, 0) is 25.0 Å². The van der Waals surface area contributed by atoms with E-state index in [2.05, 4.69) is 5.32 Å². The van der Waals surface area contributed by atoms with Crippen LogP contribution in [0.2, 0.25) is 0 Å². The molecule has 0 bridgehead atoms. The van der Waals surface area contributed by atoms with E-state index < -0.39 is 0 Å². The number of rotatable bonds is 5. The number of methoxy groups -OCH3 is 1. The largest absolute Gasteiger partial charge is 0.495 e. The van der Waals surface area contributed by atoms with E-state index in [4.69, 9.17) is 9.47 Å². The Kier molecular flexibility index (Phi) is 5.78. The van der Waals surface area contributed by atoms with Gasteiger partial charge in [0.05, 0.1) is 7.11 Å². The van der Waals surface area contributed by atoms with Crippen molar-refractivity contribution < 1.29 is 19.1 Å². The summed E-state index contributed by atoms with van der Waals surface area (Å²) in [6.07, 6.45) is 0.355. The summed E-state index contributed by atoms with van der Waals surface area (Å²) in [4.78, 5) is 27.9. The average Bonchev–Trinajstić information content (AvgIpc) is 3.27. The van der Waals surface area contributed by atoms with Gasteiger partial charge in [0.25, 0.3) is 5.91 Å². The van der Waals surface area contributed by atoms with E-state index in [0.29, 0.717) is 30.1 Å². The van der Waals surface area contributed by atoms with Gasteiger partial charge in [0.2, 0.25) is 0 Å². The molecule has 1 aromatic heterocycles. The number of likely N-dealkylation sites (tertiary alicyclic amines) is 1. The molecule has 1 saturated heterocycles. The maximum atomic E-state index is 12.5. The highest BCUT2D eigenvalue weighted by Crippen LogP contribution is 2.28. The number of hydrogen-bond donors (Lipinski definition) is 1. The number of ether oxygens (including phenoxy) is 2. The van der Waals surface area contributed by atoms with Crippen LogP contribution in [0.5, 0.6) is 5.75 Å². The van der Waals surface area contributed by atoms with Gasteiger partial charge in [-0.25, -0.2) is 4.79 Å². The lowest BCUT2D eigenvalue weighted by molar-refractivity contribution is 0.0923. The molecule has 1 fully saturated rings. The van der Waals surface area contributed by atoms with E-state index in [1.54, 1.807) is 12.0 Å². The van der Waals surface area contributed by atoms with Gasteiger partial charge >= 0.3 is 6.09 Å². The Morgan fingerprint density at radius 3 is 2.81 bits per heavy atom. The molecule has 138 valence electrons. The predicted molar refractivity (Wildman–Crippen MR) is 99.7 cm³/mol. The summed E-state index contributed by atoms with van der Waals surface area (Å²) in [6.45, 7) is 3.20. The molecule has 0 aliphatic carbocycles. The van der Waals surface area contributed by atoms with Crippen LogP contribution in [0.15, 0.2) is 36.4 Å². The Morgan fingerprint density at radius 1 is 1.31 bits per heavy atom. The van der Waals surface area contributed by atoms with E-state index >= 15 is 0 Å². The van der Waals surface area contributed by atoms with Gasteiger partial charge in [0.15, 0.2) is 0 Å². The number of thiophene rings is 1. The topological polar surface area (TPSA) is 67.9 Å². The highest BCUT2D eigenvalue weighted by Gasteiger charge is 2.29. The second-order valence-electron chi connectivity index (χ2n) is 6.20. The van der Waals surface area contributed by atoms with Crippen LogP contribution in [0.4, 0.5) is 4.79 Å². The monoisotopic (exact) mass is 374 g/mol. The molecule has 1 aliphatic heterocycles. The van der Waals surface area contributed by atoms with Crippen LogP contribution in [0, 0.1) is 6.92 Å². The fourth-order valence-corrected chi connectivity index (χ4v) is 3.79. The third-order valence-corrected chi connectivity index (χ3v) is 5.26. The number of nitrogens with zero attached hydrogens (tertiary/aromatic N) is 1. The van der Waals surface area contributed by atoms with Crippen molar-refractivity contribution in [3.05, 3.63) is 51.7 Å². The van der Waals surface area contributed by atoms with Crippen molar-refractivity contribution in [2.75, 3.05) is 20.2 Å². The van der Waals surface area contributed by atoms with Gasteiger partial charge in [-0.1, -0.05) is 30.3 Å². The average molecular weight is 374 g/mol. The third-order valence-electron chi connectivity index (χ3n) is 4.23. The minimum Gasteiger partial charge on any atom is -0.495 e. The molecule has 1 N–H and O–H groups in total. The first-order chi connectivity index (χ1) is 12.6. The van der Waals surface area contributed by atoms with Crippen LogP contribution in [-0.2, 0) is 11.3 Å². The predicted octanol–water partition coefficient (Wildman–Crippen LogP) is 3.21. The van der Waals surface area contributed by atoms with Crippen molar-refractivity contribution in [2.45, 2.75) is 26.0 Å². The molecule has 26 heavy (non-hydrogen) atoms. The molecule has 6 nitrogen and oxygen atoms in total. The van der Waals surface area contributed by atoms with E-state index in [0.717, 1.165) is 10.4 Å². The second-order valence-corrected chi connectivity index (χ2v) is 7.46. The molecule has 0 unspecified atom stereocenters. The van der Waals surface area contributed by atoms with Crippen LogP contribution >= 0.6 is 11.3 Å². The molecule has 7 heteroatoms. The lowest BCUT2D eigenvalue weighted by Gasteiger charge is -2.17. The van der Waals surface area contributed by atoms with Crippen LogP contribution in [0.1, 0.15) is 26.5 Å². The lowest BCUT2D eigenvalue weighted by Crippen LogP contribution is -2.38. The molecule has 0 radical (unpaired) electrons. The van der Waals surface area contributed by atoms with Gasteiger partial charge in [-0.2, -0.15) is 0 Å². The molecule has 2 amide bonds. The molecular formula is C19H22N2O4S. The smallest absolute Gasteiger partial charge is 0.410 e. The molecule has 1 aliphatic rings. The minimum absolute atomic E-state index is 0.0844. The highest BCUT2D eigenvalue weighted by molar-refractivity contribution is 7.14. The summed E-state index contributed by atoms with van der Waals surface area (Å²) in [5.74, 6) is 0.423. The molecule has 0 saturated carbocycles. The molecule has 0 spiro atoms. The number of nitrogens with one attached hydrogen (secondary N) is 1. The van der Waals surface area contributed by atoms with Gasteiger partial charge in [0, 0.05) is 24.0 Å². The maximum Gasteiger partial charge on any atom is 0.410 e. The number of hydrogen-bond acceptors (Lipinski definition) is 5. The summed E-state index contributed by atoms with van der Waals surface area (Å²) in [5, 5.41) is 2.98. The van der Waals surface area contributed by atoms with E-state index in [-0.39, 0.29) is 24.6 Å². The Labute approximate surface area is 156 Å². The minimum atomic E-state index is -0.352. The van der Waals surface area contributed by atoms with Gasteiger partial charge in [-0.15, -0.1) is 11.3 Å². The molecule has 1 aromatic carbocycles. The fourth-order valence-electron chi connectivity index (χ4n) is 2.91. The summed E-state index contributed by atoms with van der Waals surface area (Å²) >= 11 is 1.40. The molecule has 1 atom stereocenters. The van der Waals surface area contributed by atoms with Crippen LogP contribution in [-0.4, -0.2) is 43.1 Å².